The van der Waals surface area contributed by atoms with E-state index in [-0.39, 0.29) is 5.04 Å². The third-order valence-corrected chi connectivity index (χ3v) is 10.7. The van der Waals surface area contributed by atoms with E-state index in [1.54, 1.807) is 0 Å². The fraction of sp³-hybridized carbons (Fsp3) is 0.417. The maximum atomic E-state index is 7.05. The van der Waals surface area contributed by atoms with E-state index >= 15 is 0 Å². The summed E-state index contributed by atoms with van der Waals surface area (Å²) in [6, 6.07) is 21.9. The van der Waals surface area contributed by atoms with E-state index in [2.05, 4.69) is 94.4 Å². The zero-order valence-electron chi connectivity index (χ0n) is 16.7. The molecule has 0 bridgehead atoms. The molecule has 0 saturated heterocycles. The van der Waals surface area contributed by atoms with Gasteiger partial charge in [0.15, 0.2) is 0 Å². The van der Waals surface area contributed by atoms with Crippen LogP contribution in [0.1, 0.15) is 47.0 Å². The second-order valence-corrected chi connectivity index (χ2v) is 13.0. The van der Waals surface area contributed by atoms with Crippen LogP contribution in [0.4, 0.5) is 0 Å². The van der Waals surface area contributed by atoms with Crippen LogP contribution in [0.3, 0.4) is 0 Å². The molecule has 0 N–H and O–H groups in total. The van der Waals surface area contributed by atoms with Crippen molar-refractivity contribution in [1.29, 1.82) is 0 Å². The van der Waals surface area contributed by atoms with Gasteiger partial charge in [0.25, 0.3) is 8.32 Å². The molecule has 0 unspecified atom stereocenters. The molecule has 2 aromatic rings. The first kappa shape index (κ1) is 19.1. The van der Waals surface area contributed by atoms with Gasteiger partial charge in [-0.15, -0.1) is 0 Å². The molecule has 26 heavy (non-hydrogen) atoms. The van der Waals surface area contributed by atoms with Crippen molar-refractivity contribution >= 4 is 18.7 Å². The van der Waals surface area contributed by atoms with Crippen LogP contribution in [0.5, 0.6) is 0 Å². The summed E-state index contributed by atoms with van der Waals surface area (Å²) in [6.45, 7) is 10.2. The Labute approximate surface area is 160 Å². The number of hydrogen-bond acceptors (Lipinski definition) is 1. The van der Waals surface area contributed by atoms with Crippen LogP contribution in [0.15, 0.2) is 72.3 Å². The van der Waals surface area contributed by atoms with Crippen molar-refractivity contribution in [2.45, 2.75) is 52.0 Å². The second-order valence-electron chi connectivity index (χ2n) is 8.67. The Balaban J connectivity index is 2.00. The first-order valence-corrected chi connectivity index (χ1v) is 11.7. The van der Waals surface area contributed by atoms with Crippen molar-refractivity contribution < 1.29 is 4.43 Å². The highest BCUT2D eigenvalue weighted by molar-refractivity contribution is 6.99. The molecule has 0 radical (unpaired) electrons. The maximum absolute atomic E-state index is 7.05. The lowest BCUT2D eigenvalue weighted by Gasteiger charge is -2.44. The minimum Gasteiger partial charge on any atom is -0.407 e. The normalized spacial score (nSPS) is 18.5. The van der Waals surface area contributed by atoms with Crippen molar-refractivity contribution in [2.75, 3.05) is 6.61 Å². The smallest absolute Gasteiger partial charge is 0.261 e. The average Bonchev–Trinajstić information content (AvgIpc) is 2.64. The van der Waals surface area contributed by atoms with Gasteiger partial charge in [0, 0.05) is 6.61 Å². The Kier molecular flexibility index (Phi) is 5.84. The summed E-state index contributed by atoms with van der Waals surface area (Å²) in [5.74, 6) is 0.639. The molecule has 0 heterocycles. The van der Waals surface area contributed by atoms with E-state index in [0.29, 0.717) is 5.92 Å². The lowest BCUT2D eigenvalue weighted by Crippen LogP contribution is -2.66. The molecular weight excluding hydrogens is 332 g/mol. The molecule has 0 saturated carbocycles. The van der Waals surface area contributed by atoms with Crippen LogP contribution >= 0.6 is 0 Å². The fourth-order valence-electron chi connectivity index (χ4n) is 4.18. The van der Waals surface area contributed by atoms with Crippen molar-refractivity contribution in [3.05, 3.63) is 72.3 Å². The first-order valence-electron chi connectivity index (χ1n) is 9.84. The van der Waals surface area contributed by atoms with Crippen LogP contribution in [0.2, 0.25) is 5.04 Å². The number of benzene rings is 2. The second kappa shape index (κ2) is 7.94. The zero-order valence-corrected chi connectivity index (χ0v) is 17.7. The number of hydrogen-bond donors (Lipinski definition) is 0. The van der Waals surface area contributed by atoms with Gasteiger partial charge in [0.2, 0.25) is 0 Å². The highest BCUT2D eigenvalue weighted by Crippen LogP contribution is 2.37. The van der Waals surface area contributed by atoms with Gasteiger partial charge in [0.1, 0.15) is 0 Å². The molecule has 0 amide bonds. The molecule has 0 spiro atoms. The summed E-state index contributed by atoms with van der Waals surface area (Å²) in [7, 11) is -2.37. The molecule has 0 aliphatic heterocycles. The highest BCUT2D eigenvalue weighted by Gasteiger charge is 2.50. The van der Waals surface area contributed by atoms with Gasteiger partial charge in [-0.1, -0.05) is 93.1 Å². The highest BCUT2D eigenvalue weighted by atomic mass is 28.4. The van der Waals surface area contributed by atoms with E-state index in [1.807, 2.05) is 0 Å². The Bertz CT molecular complexity index is 688. The molecule has 2 heteroatoms. The van der Waals surface area contributed by atoms with Crippen molar-refractivity contribution in [3.8, 4) is 0 Å². The van der Waals surface area contributed by atoms with Gasteiger partial charge < -0.3 is 4.43 Å². The van der Waals surface area contributed by atoms with E-state index in [0.717, 1.165) is 13.0 Å². The fourth-order valence-corrected chi connectivity index (χ4v) is 8.82. The SMILES string of the molecule is CC1=CC[C@H](CO[Si](c2ccccc2)(c2ccccc2)C(C)(C)C)CC1. The molecule has 0 fully saturated rings. The van der Waals surface area contributed by atoms with Crippen molar-refractivity contribution in [2.24, 2.45) is 5.92 Å². The standard InChI is InChI=1S/C24H32OSi/c1-20-15-17-21(18-16-20)19-25-26(24(2,3)4,22-11-7-5-8-12-22)23-13-9-6-10-14-23/h5-15,21H,16-19H2,1-4H3/t21-/m0/s1. The van der Waals surface area contributed by atoms with Crippen LogP contribution in [-0.2, 0) is 4.43 Å². The van der Waals surface area contributed by atoms with Gasteiger partial charge in [-0.3, -0.25) is 0 Å². The minimum atomic E-state index is -2.37. The molecular formula is C24H32OSi. The lowest BCUT2D eigenvalue weighted by molar-refractivity contribution is 0.224. The Morgan fingerprint density at radius 1 is 0.923 bits per heavy atom. The summed E-state index contributed by atoms with van der Waals surface area (Å²) < 4.78 is 7.05. The minimum absolute atomic E-state index is 0.0656. The average molecular weight is 365 g/mol. The molecule has 138 valence electrons. The third kappa shape index (κ3) is 3.87. The predicted molar refractivity (Wildman–Crippen MR) is 115 cm³/mol. The molecule has 1 aliphatic rings. The molecule has 0 aromatic heterocycles. The maximum Gasteiger partial charge on any atom is 0.261 e. The summed E-state index contributed by atoms with van der Waals surface area (Å²) in [4.78, 5) is 0. The van der Waals surface area contributed by atoms with Gasteiger partial charge >= 0.3 is 0 Å². The summed E-state index contributed by atoms with van der Waals surface area (Å²) in [5, 5.41) is 2.82. The van der Waals surface area contributed by atoms with Crippen LogP contribution < -0.4 is 10.4 Å². The summed E-state index contributed by atoms with van der Waals surface area (Å²) in [6.07, 6.45) is 6.03. The Morgan fingerprint density at radius 3 is 1.88 bits per heavy atom. The van der Waals surface area contributed by atoms with Gasteiger partial charge in [-0.05, 0) is 47.5 Å². The van der Waals surface area contributed by atoms with E-state index in [4.69, 9.17) is 4.43 Å². The van der Waals surface area contributed by atoms with Gasteiger partial charge in [-0.25, -0.2) is 0 Å². The molecule has 1 atom stereocenters. The summed E-state index contributed by atoms with van der Waals surface area (Å²) >= 11 is 0. The molecule has 1 aliphatic carbocycles. The molecule has 3 rings (SSSR count). The van der Waals surface area contributed by atoms with Crippen molar-refractivity contribution in [3.63, 3.8) is 0 Å². The third-order valence-electron chi connectivity index (χ3n) is 5.70. The first-order chi connectivity index (χ1) is 12.4. The van der Waals surface area contributed by atoms with E-state index in [1.165, 1.54) is 28.8 Å². The van der Waals surface area contributed by atoms with Crippen molar-refractivity contribution in [1.82, 2.24) is 0 Å². The van der Waals surface area contributed by atoms with E-state index in [9.17, 15) is 0 Å². The van der Waals surface area contributed by atoms with Gasteiger partial charge in [-0.2, -0.15) is 0 Å². The predicted octanol–water partition coefficient (Wildman–Crippen LogP) is 5.31. The van der Waals surface area contributed by atoms with Crippen LogP contribution in [-0.4, -0.2) is 14.9 Å². The topological polar surface area (TPSA) is 9.23 Å². The number of allylic oxidation sites excluding steroid dienone is 2. The zero-order chi connectivity index (χ0) is 18.6. The quantitative estimate of drug-likeness (QED) is 0.516. The largest absolute Gasteiger partial charge is 0.407 e. The monoisotopic (exact) mass is 364 g/mol. The Morgan fingerprint density at radius 2 is 1.46 bits per heavy atom. The van der Waals surface area contributed by atoms with E-state index < -0.39 is 8.32 Å². The van der Waals surface area contributed by atoms with Gasteiger partial charge in [0.05, 0.1) is 0 Å². The molecule has 2 aromatic carbocycles. The van der Waals surface area contributed by atoms with Crippen LogP contribution in [0.25, 0.3) is 0 Å². The molecule has 1 nitrogen and oxygen atoms in total. The summed E-state index contributed by atoms with van der Waals surface area (Å²) in [5.41, 5.74) is 1.53. The van der Waals surface area contributed by atoms with Crippen LogP contribution in [0, 0.1) is 5.92 Å². The Hall–Kier alpha value is -1.64. The lowest BCUT2D eigenvalue weighted by atomic mass is 9.91. The number of rotatable bonds is 5.